The lowest BCUT2D eigenvalue weighted by Crippen LogP contribution is -2.15. The number of rotatable bonds is 3. The van der Waals surface area contributed by atoms with E-state index in [-0.39, 0.29) is 0 Å². The molecule has 1 aliphatic heterocycles. The summed E-state index contributed by atoms with van der Waals surface area (Å²) in [5.74, 6) is 2.09. The van der Waals surface area contributed by atoms with Gasteiger partial charge in [0.15, 0.2) is 11.5 Å². The quantitative estimate of drug-likeness (QED) is 0.723. The third kappa shape index (κ3) is 2.49. The molecule has 3 aromatic rings. The lowest BCUT2D eigenvalue weighted by atomic mass is 10.1. The number of ether oxygens (including phenoxy) is 2. The van der Waals surface area contributed by atoms with Gasteiger partial charge in [0.05, 0.1) is 30.4 Å². The van der Waals surface area contributed by atoms with E-state index in [1.807, 2.05) is 24.3 Å². The Kier molecular flexibility index (Phi) is 3.77. The fourth-order valence-electron chi connectivity index (χ4n) is 3.24. The van der Waals surface area contributed by atoms with Gasteiger partial charge in [0.2, 0.25) is 0 Å². The minimum atomic E-state index is 0.545. The molecule has 6 nitrogen and oxygen atoms in total. The number of halogens is 1. The minimum Gasteiger partial charge on any atom is -0.493 e. The summed E-state index contributed by atoms with van der Waals surface area (Å²) in [7, 11) is 3.22. The van der Waals surface area contributed by atoms with Crippen molar-refractivity contribution < 1.29 is 9.47 Å². The van der Waals surface area contributed by atoms with E-state index in [9.17, 15) is 0 Å². The Morgan fingerprint density at radius 3 is 2.60 bits per heavy atom. The molecule has 25 heavy (non-hydrogen) atoms. The number of hydrogen-bond acceptors (Lipinski definition) is 6. The van der Waals surface area contributed by atoms with Gasteiger partial charge in [-0.05, 0) is 30.2 Å². The topological polar surface area (TPSA) is 73.5 Å². The normalized spacial score (nSPS) is 13.2. The molecule has 0 fully saturated rings. The Morgan fingerprint density at radius 1 is 1.08 bits per heavy atom. The molecule has 7 heteroatoms. The molecule has 0 amide bonds. The van der Waals surface area contributed by atoms with Crippen LogP contribution in [0.5, 0.6) is 11.5 Å². The number of nitrogens with two attached hydrogens (primary N) is 1. The molecule has 0 bridgehead atoms. The smallest absolute Gasteiger partial charge is 0.162 e. The highest BCUT2D eigenvalue weighted by atomic mass is 35.5. The van der Waals surface area contributed by atoms with Gasteiger partial charge in [-0.2, -0.15) is 0 Å². The SMILES string of the molecule is COc1cc2ncnc(N3CCc4cc(N)c(Cl)cc43)c2cc1OC. The van der Waals surface area contributed by atoms with Gasteiger partial charge in [-0.25, -0.2) is 9.97 Å². The first-order valence-corrected chi connectivity index (χ1v) is 8.22. The van der Waals surface area contributed by atoms with Crippen LogP contribution in [0.1, 0.15) is 5.56 Å². The van der Waals surface area contributed by atoms with E-state index >= 15 is 0 Å². The molecule has 0 saturated heterocycles. The van der Waals surface area contributed by atoms with E-state index in [2.05, 4.69) is 14.9 Å². The van der Waals surface area contributed by atoms with Crippen LogP contribution in [0.25, 0.3) is 10.9 Å². The number of aromatic nitrogens is 2. The highest BCUT2D eigenvalue weighted by Crippen LogP contribution is 2.41. The zero-order chi connectivity index (χ0) is 17.6. The molecule has 2 N–H and O–H groups in total. The number of anilines is 3. The summed E-state index contributed by atoms with van der Waals surface area (Å²) in [5, 5.41) is 1.43. The molecule has 4 rings (SSSR count). The van der Waals surface area contributed by atoms with E-state index < -0.39 is 0 Å². The maximum atomic E-state index is 6.23. The van der Waals surface area contributed by atoms with Crippen molar-refractivity contribution in [3.8, 4) is 11.5 Å². The zero-order valence-electron chi connectivity index (χ0n) is 13.9. The largest absolute Gasteiger partial charge is 0.493 e. The van der Waals surface area contributed by atoms with Crippen LogP contribution in [0, 0.1) is 0 Å². The third-order valence-corrected chi connectivity index (χ3v) is 4.80. The van der Waals surface area contributed by atoms with Crippen molar-refractivity contribution in [3.63, 3.8) is 0 Å². The van der Waals surface area contributed by atoms with Gasteiger partial charge < -0.3 is 20.1 Å². The Morgan fingerprint density at radius 2 is 1.84 bits per heavy atom. The highest BCUT2D eigenvalue weighted by Gasteiger charge is 2.25. The van der Waals surface area contributed by atoms with Gasteiger partial charge in [-0.15, -0.1) is 0 Å². The first kappa shape index (κ1) is 15.8. The predicted molar refractivity (Wildman–Crippen MR) is 99.2 cm³/mol. The van der Waals surface area contributed by atoms with Crippen molar-refractivity contribution in [1.29, 1.82) is 0 Å². The summed E-state index contributed by atoms with van der Waals surface area (Å²) < 4.78 is 10.8. The first-order chi connectivity index (χ1) is 12.1. The van der Waals surface area contributed by atoms with Crippen molar-refractivity contribution in [2.45, 2.75) is 6.42 Å². The van der Waals surface area contributed by atoms with Crippen LogP contribution in [-0.2, 0) is 6.42 Å². The molecule has 1 aliphatic rings. The monoisotopic (exact) mass is 356 g/mol. The Labute approximate surface area is 150 Å². The Hall–Kier alpha value is -2.73. The molecule has 0 radical (unpaired) electrons. The van der Waals surface area contributed by atoms with E-state index in [4.69, 9.17) is 26.8 Å². The van der Waals surface area contributed by atoms with Crippen molar-refractivity contribution >= 4 is 39.7 Å². The van der Waals surface area contributed by atoms with Crippen LogP contribution in [0.15, 0.2) is 30.6 Å². The number of fused-ring (bicyclic) bond motifs is 2. The summed E-state index contributed by atoms with van der Waals surface area (Å²) in [5.41, 5.74) is 9.50. The average Bonchev–Trinajstić information content (AvgIpc) is 3.02. The van der Waals surface area contributed by atoms with Crippen molar-refractivity contribution in [2.75, 3.05) is 31.4 Å². The average molecular weight is 357 g/mol. The number of benzene rings is 2. The number of nitrogen functional groups attached to an aromatic ring is 1. The van der Waals surface area contributed by atoms with E-state index in [1.165, 1.54) is 0 Å². The molecule has 2 heterocycles. The molecule has 128 valence electrons. The van der Waals surface area contributed by atoms with Crippen LogP contribution in [0.3, 0.4) is 0 Å². The van der Waals surface area contributed by atoms with Gasteiger partial charge in [-0.1, -0.05) is 11.6 Å². The van der Waals surface area contributed by atoms with Crippen LogP contribution in [0.2, 0.25) is 5.02 Å². The van der Waals surface area contributed by atoms with E-state index in [0.29, 0.717) is 22.2 Å². The summed E-state index contributed by atoms with van der Waals surface area (Å²) in [6, 6.07) is 7.59. The van der Waals surface area contributed by atoms with Crippen molar-refractivity contribution in [1.82, 2.24) is 9.97 Å². The van der Waals surface area contributed by atoms with Gasteiger partial charge in [0, 0.05) is 23.7 Å². The highest BCUT2D eigenvalue weighted by molar-refractivity contribution is 6.33. The second-order valence-electron chi connectivity index (χ2n) is 5.83. The molecule has 0 spiro atoms. The molecule has 1 aromatic heterocycles. The van der Waals surface area contributed by atoms with Crippen LogP contribution in [-0.4, -0.2) is 30.7 Å². The Balaban J connectivity index is 1.90. The number of nitrogens with zero attached hydrogens (tertiary/aromatic N) is 3. The van der Waals surface area contributed by atoms with Gasteiger partial charge >= 0.3 is 0 Å². The molecular formula is C18H17ClN4O2. The maximum Gasteiger partial charge on any atom is 0.162 e. The minimum absolute atomic E-state index is 0.545. The second-order valence-corrected chi connectivity index (χ2v) is 6.23. The fraction of sp³-hybridized carbons (Fsp3) is 0.222. The van der Waals surface area contributed by atoms with E-state index in [0.717, 1.165) is 40.9 Å². The number of hydrogen-bond donors (Lipinski definition) is 1. The fourth-order valence-corrected chi connectivity index (χ4v) is 3.39. The third-order valence-electron chi connectivity index (χ3n) is 4.47. The summed E-state index contributed by atoms with van der Waals surface area (Å²) >= 11 is 6.23. The van der Waals surface area contributed by atoms with Crippen molar-refractivity contribution in [3.05, 3.63) is 41.2 Å². The maximum absolute atomic E-state index is 6.23. The second kappa shape index (κ2) is 5.97. The summed E-state index contributed by atoms with van der Waals surface area (Å²) in [4.78, 5) is 11.0. The lowest BCUT2D eigenvalue weighted by molar-refractivity contribution is 0.356. The van der Waals surface area contributed by atoms with Gasteiger partial charge in [-0.3, -0.25) is 0 Å². The first-order valence-electron chi connectivity index (χ1n) is 7.84. The number of methoxy groups -OCH3 is 2. The predicted octanol–water partition coefficient (Wildman–Crippen LogP) is 3.58. The van der Waals surface area contributed by atoms with Gasteiger partial charge in [0.1, 0.15) is 12.1 Å². The lowest BCUT2D eigenvalue weighted by Gasteiger charge is -2.21. The molecule has 0 atom stereocenters. The van der Waals surface area contributed by atoms with Crippen molar-refractivity contribution in [2.24, 2.45) is 0 Å². The zero-order valence-corrected chi connectivity index (χ0v) is 14.7. The molecule has 0 aliphatic carbocycles. The molecule has 0 unspecified atom stereocenters. The van der Waals surface area contributed by atoms with Gasteiger partial charge in [0.25, 0.3) is 0 Å². The standard InChI is InChI=1S/C18H17ClN4O2/c1-24-16-6-11-14(8-17(16)25-2)21-9-22-18(11)23-4-3-10-5-13(20)12(19)7-15(10)23/h5-9H,3-4,20H2,1-2H3. The summed E-state index contributed by atoms with van der Waals surface area (Å²) in [6.07, 6.45) is 2.44. The van der Waals surface area contributed by atoms with E-state index in [1.54, 1.807) is 20.5 Å². The molecular weight excluding hydrogens is 340 g/mol. The van der Waals surface area contributed by atoms with Crippen LogP contribution >= 0.6 is 11.6 Å². The summed E-state index contributed by atoms with van der Waals surface area (Å²) in [6.45, 7) is 0.801. The van der Waals surface area contributed by atoms with Crippen LogP contribution in [0.4, 0.5) is 17.2 Å². The van der Waals surface area contributed by atoms with Crippen LogP contribution < -0.4 is 20.1 Å². The Bertz CT molecular complexity index is 977. The molecule has 0 saturated carbocycles. The molecule has 2 aromatic carbocycles.